The van der Waals surface area contributed by atoms with Crippen LogP contribution < -0.4 is 9.64 Å². The molecule has 0 atom stereocenters. The molecule has 2 heterocycles. The molecule has 5 nitrogen and oxygen atoms in total. The van der Waals surface area contributed by atoms with Gasteiger partial charge in [0, 0.05) is 31.3 Å². The highest BCUT2D eigenvalue weighted by molar-refractivity contribution is 6.05. The van der Waals surface area contributed by atoms with Crippen LogP contribution in [0.2, 0.25) is 0 Å². The Morgan fingerprint density at radius 1 is 1.43 bits per heavy atom. The second-order valence-corrected chi connectivity index (χ2v) is 5.18. The predicted octanol–water partition coefficient (Wildman–Crippen LogP) is 2.64. The maximum absolute atomic E-state index is 12.7. The lowest BCUT2D eigenvalue weighted by Crippen LogP contribution is -2.31. The van der Waals surface area contributed by atoms with Gasteiger partial charge in [0.1, 0.15) is 0 Å². The van der Waals surface area contributed by atoms with E-state index >= 15 is 0 Å². The lowest BCUT2D eigenvalue weighted by molar-refractivity contribution is 0.0982. The number of benzene rings is 1. The summed E-state index contributed by atoms with van der Waals surface area (Å²) in [6.07, 6.45) is 0.928. The van der Waals surface area contributed by atoms with E-state index in [-0.39, 0.29) is 5.91 Å². The molecule has 3 rings (SSSR count). The van der Waals surface area contributed by atoms with Gasteiger partial charge in [-0.2, -0.15) is 5.10 Å². The van der Waals surface area contributed by atoms with E-state index in [0.29, 0.717) is 24.7 Å². The number of hydrogen-bond donors (Lipinski definition) is 0. The molecule has 0 saturated carbocycles. The molecular formula is C16H19N3O2. The number of nitrogens with zero attached hydrogens (tertiary/aromatic N) is 3. The van der Waals surface area contributed by atoms with Gasteiger partial charge in [0.05, 0.1) is 6.61 Å². The zero-order valence-corrected chi connectivity index (χ0v) is 12.4. The number of ether oxygens (including phenoxy) is 1. The van der Waals surface area contributed by atoms with Crippen molar-refractivity contribution in [2.45, 2.75) is 26.8 Å². The third kappa shape index (κ3) is 2.63. The molecule has 1 aromatic heterocycles. The largest absolute Gasteiger partial charge is 0.478 e. The first-order valence-electron chi connectivity index (χ1n) is 7.28. The molecule has 0 aliphatic carbocycles. The molecular weight excluding hydrogens is 266 g/mol. The number of fused-ring (bicyclic) bond motifs is 1. The Morgan fingerprint density at radius 2 is 2.29 bits per heavy atom. The number of aromatic nitrogens is 2. The predicted molar refractivity (Wildman–Crippen MR) is 80.9 cm³/mol. The second-order valence-electron chi connectivity index (χ2n) is 5.18. The average Bonchev–Trinajstić information content (AvgIpc) is 2.92. The van der Waals surface area contributed by atoms with E-state index in [1.165, 1.54) is 0 Å². The van der Waals surface area contributed by atoms with E-state index in [1.807, 2.05) is 38.1 Å². The SMILES string of the molecule is CCN(C(=O)c1cc2n(n1)CCCO2)c1cccc(C)c1. The van der Waals surface area contributed by atoms with E-state index in [4.69, 9.17) is 4.74 Å². The molecule has 1 aliphatic rings. The quantitative estimate of drug-likeness (QED) is 0.871. The topological polar surface area (TPSA) is 47.4 Å². The molecule has 0 saturated heterocycles. The summed E-state index contributed by atoms with van der Waals surface area (Å²) in [4.78, 5) is 14.4. The van der Waals surface area contributed by atoms with Gasteiger partial charge in [-0.3, -0.25) is 4.79 Å². The zero-order valence-electron chi connectivity index (χ0n) is 12.4. The van der Waals surface area contributed by atoms with Crippen LogP contribution in [-0.2, 0) is 6.54 Å². The van der Waals surface area contributed by atoms with Crippen molar-refractivity contribution in [1.29, 1.82) is 0 Å². The summed E-state index contributed by atoms with van der Waals surface area (Å²) in [5.74, 6) is 0.596. The van der Waals surface area contributed by atoms with Crippen LogP contribution in [0.1, 0.15) is 29.4 Å². The highest BCUT2D eigenvalue weighted by atomic mass is 16.5. The smallest absolute Gasteiger partial charge is 0.278 e. The zero-order chi connectivity index (χ0) is 14.8. The molecule has 0 unspecified atom stereocenters. The van der Waals surface area contributed by atoms with Gasteiger partial charge in [0.25, 0.3) is 5.91 Å². The van der Waals surface area contributed by atoms with Crippen LogP contribution in [0.25, 0.3) is 0 Å². The normalized spacial score (nSPS) is 13.4. The number of carbonyl (C=O) groups is 1. The van der Waals surface area contributed by atoms with E-state index in [0.717, 1.165) is 24.2 Å². The number of hydrogen-bond acceptors (Lipinski definition) is 3. The lowest BCUT2D eigenvalue weighted by atomic mass is 10.2. The average molecular weight is 285 g/mol. The third-order valence-electron chi connectivity index (χ3n) is 3.60. The minimum atomic E-state index is -0.0893. The van der Waals surface area contributed by atoms with Crippen molar-refractivity contribution in [2.24, 2.45) is 0 Å². The molecule has 0 N–H and O–H groups in total. The Kier molecular flexibility index (Phi) is 3.64. The van der Waals surface area contributed by atoms with Gasteiger partial charge in [0.2, 0.25) is 5.88 Å². The van der Waals surface area contributed by atoms with Crippen LogP contribution in [0.5, 0.6) is 5.88 Å². The number of rotatable bonds is 3. The maximum atomic E-state index is 12.7. The molecule has 21 heavy (non-hydrogen) atoms. The molecule has 0 bridgehead atoms. The van der Waals surface area contributed by atoms with Crippen LogP contribution in [0.3, 0.4) is 0 Å². The second kappa shape index (κ2) is 5.60. The molecule has 1 amide bonds. The Morgan fingerprint density at radius 3 is 3.00 bits per heavy atom. The number of aryl methyl sites for hydroxylation is 2. The molecule has 1 aliphatic heterocycles. The summed E-state index contributed by atoms with van der Waals surface area (Å²) in [6.45, 7) is 6.08. The van der Waals surface area contributed by atoms with E-state index in [2.05, 4.69) is 5.10 Å². The Hall–Kier alpha value is -2.30. The summed E-state index contributed by atoms with van der Waals surface area (Å²) >= 11 is 0. The van der Waals surface area contributed by atoms with E-state index in [9.17, 15) is 4.79 Å². The summed E-state index contributed by atoms with van der Waals surface area (Å²) in [5.41, 5.74) is 2.47. The fourth-order valence-corrected chi connectivity index (χ4v) is 2.55. The molecule has 0 radical (unpaired) electrons. The molecule has 110 valence electrons. The Bertz CT molecular complexity index is 640. The van der Waals surface area contributed by atoms with Crippen molar-refractivity contribution in [3.05, 3.63) is 41.6 Å². The number of carbonyl (C=O) groups excluding carboxylic acids is 1. The van der Waals surface area contributed by atoms with Crippen LogP contribution >= 0.6 is 0 Å². The molecule has 5 heteroatoms. The summed E-state index contributed by atoms with van der Waals surface area (Å²) in [5, 5.41) is 4.37. The van der Waals surface area contributed by atoms with Gasteiger partial charge >= 0.3 is 0 Å². The van der Waals surface area contributed by atoms with Crippen molar-refractivity contribution in [3.63, 3.8) is 0 Å². The Labute approximate surface area is 124 Å². The van der Waals surface area contributed by atoms with Crippen LogP contribution in [0, 0.1) is 6.92 Å². The van der Waals surface area contributed by atoms with Crippen molar-refractivity contribution >= 4 is 11.6 Å². The molecule has 0 fully saturated rings. The van der Waals surface area contributed by atoms with E-state index < -0.39 is 0 Å². The first-order valence-corrected chi connectivity index (χ1v) is 7.28. The fraction of sp³-hybridized carbons (Fsp3) is 0.375. The van der Waals surface area contributed by atoms with Gasteiger partial charge in [-0.15, -0.1) is 0 Å². The van der Waals surface area contributed by atoms with Crippen molar-refractivity contribution in [1.82, 2.24) is 9.78 Å². The van der Waals surface area contributed by atoms with Crippen LogP contribution in [0.4, 0.5) is 5.69 Å². The number of anilines is 1. The highest BCUT2D eigenvalue weighted by Crippen LogP contribution is 2.22. The number of amides is 1. The molecule has 0 spiro atoms. The van der Waals surface area contributed by atoms with Crippen molar-refractivity contribution in [3.8, 4) is 5.88 Å². The van der Waals surface area contributed by atoms with Gasteiger partial charge in [-0.05, 0) is 31.5 Å². The van der Waals surface area contributed by atoms with Gasteiger partial charge in [0.15, 0.2) is 5.69 Å². The van der Waals surface area contributed by atoms with Gasteiger partial charge in [-0.25, -0.2) is 4.68 Å². The highest BCUT2D eigenvalue weighted by Gasteiger charge is 2.22. The summed E-state index contributed by atoms with van der Waals surface area (Å²) in [6, 6.07) is 9.67. The van der Waals surface area contributed by atoms with E-state index in [1.54, 1.807) is 15.6 Å². The lowest BCUT2D eigenvalue weighted by Gasteiger charge is -2.20. The van der Waals surface area contributed by atoms with Crippen LogP contribution in [0.15, 0.2) is 30.3 Å². The monoisotopic (exact) mass is 285 g/mol. The third-order valence-corrected chi connectivity index (χ3v) is 3.60. The first-order chi connectivity index (χ1) is 10.2. The summed E-state index contributed by atoms with van der Waals surface area (Å²) in [7, 11) is 0. The maximum Gasteiger partial charge on any atom is 0.278 e. The van der Waals surface area contributed by atoms with Gasteiger partial charge < -0.3 is 9.64 Å². The minimum absolute atomic E-state index is 0.0893. The molecule has 1 aromatic carbocycles. The first kappa shape index (κ1) is 13.7. The summed E-state index contributed by atoms with van der Waals surface area (Å²) < 4.78 is 7.29. The van der Waals surface area contributed by atoms with Crippen molar-refractivity contribution in [2.75, 3.05) is 18.1 Å². The van der Waals surface area contributed by atoms with Crippen molar-refractivity contribution < 1.29 is 9.53 Å². The van der Waals surface area contributed by atoms with Crippen LogP contribution in [-0.4, -0.2) is 28.8 Å². The standard InChI is InChI=1S/C16H19N3O2/c1-3-18(13-7-4-6-12(2)10-13)16(20)14-11-15-19(17-14)8-5-9-21-15/h4,6-7,10-11H,3,5,8-9H2,1-2H3. The Balaban J connectivity index is 1.90. The molecule has 2 aromatic rings. The fourth-order valence-electron chi connectivity index (χ4n) is 2.55. The minimum Gasteiger partial charge on any atom is -0.478 e. The van der Waals surface area contributed by atoms with Gasteiger partial charge in [-0.1, -0.05) is 12.1 Å².